The van der Waals surface area contributed by atoms with Gasteiger partial charge < -0.3 is 17.3 Å². The summed E-state index contributed by atoms with van der Waals surface area (Å²) in [5.74, 6) is 0. The summed E-state index contributed by atoms with van der Waals surface area (Å²) in [7, 11) is -4.03. The molecule has 1 aromatic heterocycles. The van der Waals surface area contributed by atoms with Crippen molar-refractivity contribution in [3.8, 4) is 0 Å². The van der Waals surface area contributed by atoms with Crippen molar-refractivity contribution < 1.29 is 21.8 Å². The first-order valence-electron chi connectivity index (χ1n) is 3.73. The van der Waals surface area contributed by atoms with Crippen LogP contribution in [0.3, 0.4) is 0 Å². The Kier molecular flexibility index (Phi) is 9.06. The van der Waals surface area contributed by atoms with Crippen molar-refractivity contribution in [2.45, 2.75) is 6.92 Å². The number of rotatable bonds is 0. The van der Waals surface area contributed by atoms with Crippen molar-refractivity contribution in [3.05, 3.63) is 31.4 Å². The quantitative estimate of drug-likeness (QED) is 0.294. The van der Waals surface area contributed by atoms with Crippen LogP contribution in [0.25, 0.3) is 0 Å². The lowest BCUT2D eigenvalue weighted by Crippen LogP contribution is -2.22. The Labute approximate surface area is 80.4 Å². The van der Waals surface area contributed by atoms with Crippen LogP contribution >= 0.6 is 0 Å². The molecule has 14 heavy (non-hydrogen) atoms. The molecule has 1 heterocycles. The zero-order chi connectivity index (χ0) is 11.6. The molecule has 0 saturated heterocycles. The number of nitrogens with one attached hydrogen (secondary N) is 1. The maximum Gasteiger partial charge on any atom is 0.673 e. The van der Waals surface area contributed by atoms with Crippen LogP contribution in [0, 0.1) is 0 Å². The van der Waals surface area contributed by atoms with Crippen molar-refractivity contribution in [3.63, 3.8) is 0 Å². The summed E-state index contributed by atoms with van der Waals surface area (Å²) in [5, 5.41) is 0. The third-order valence-electron chi connectivity index (χ3n) is 0.684. The van der Waals surface area contributed by atoms with Gasteiger partial charge in [0.05, 0.1) is 7.05 Å². The molecule has 0 aliphatic rings. The lowest BCUT2D eigenvalue weighted by molar-refractivity contribution is -0.670. The molecule has 0 aliphatic heterocycles. The molecule has 0 aliphatic carbocycles. The average molecular weight is 212 g/mol. The molecule has 7 heteroatoms. The van der Waals surface area contributed by atoms with E-state index in [1.54, 1.807) is 6.08 Å². The lowest BCUT2D eigenvalue weighted by Gasteiger charge is -1.94. The van der Waals surface area contributed by atoms with E-state index in [-0.39, 0.29) is 0 Å². The highest BCUT2D eigenvalue weighted by Crippen LogP contribution is 2.06. The Morgan fingerprint density at radius 1 is 1.36 bits per heavy atom. The van der Waals surface area contributed by atoms with E-state index in [4.69, 9.17) is 0 Å². The molecule has 0 saturated carbocycles. The van der Waals surface area contributed by atoms with Gasteiger partial charge in [-0.05, 0) is 6.92 Å². The van der Waals surface area contributed by atoms with Crippen LogP contribution < -0.4 is 4.57 Å². The van der Waals surface area contributed by atoms with Gasteiger partial charge in [0.1, 0.15) is 12.4 Å². The number of H-pyrrole nitrogens is 1. The lowest BCUT2D eigenvalue weighted by atomic mass is 10.3. The molecule has 0 radical (unpaired) electrons. The highest BCUT2D eigenvalue weighted by atomic mass is 19.5. The van der Waals surface area contributed by atoms with Gasteiger partial charge in [-0.2, -0.15) is 0 Å². The van der Waals surface area contributed by atoms with Gasteiger partial charge >= 0.3 is 7.25 Å². The van der Waals surface area contributed by atoms with Gasteiger partial charge in [-0.3, -0.25) is 4.98 Å². The average Bonchev–Trinajstić information content (AvgIpc) is 2.37. The SMILES string of the molecule is C=CC.C[n+]1cc[nH]c1.F[B-](F)(F)F. The van der Waals surface area contributed by atoms with Crippen molar-refractivity contribution >= 4 is 7.25 Å². The predicted octanol–water partition coefficient (Wildman–Crippen LogP) is 2.33. The van der Waals surface area contributed by atoms with Gasteiger partial charge in [-0.1, -0.05) is 6.08 Å². The molecule has 0 unspecified atom stereocenters. The number of hydrogen-bond acceptors (Lipinski definition) is 0. The van der Waals surface area contributed by atoms with E-state index in [1.807, 2.05) is 37.3 Å². The second kappa shape index (κ2) is 8.34. The summed E-state index contributed by atoms with van der Waals surface area (Å²) in [4.78, 5) is 2.89. The minimum atomic E-state index is -6.00. The van der Waals surface area contributed by atoms with E-state index in [0.29, 0.717) is 0 Å². The number of halogens is 4. The van der Waals surface area contributed by atoms with Gasteiger partial charge in [-0.15, -0.1) is 6.58 Å². The van der Waals surface area contributed by atoms with Crippen molar-refractivity contribution in [1.82, 2.24) is 4.98 Å². The topological polar surface area (TPSA) is 19.7 Å². The molecule has 0 spiro atoms. The number of nitrogens with zero attached hydrogens (tertiary/aromatic N) is 1. The maximum atomic E-state index is 9.75. The van der Waals surface area contributed by atoms with E-state index < -0.39 is 7.25 Å². The molecule has 0 aromatic carbocycles. The van der Waals surface area contributed by atoms with Crippen LogP contribution in [0.4, 0.5) is 17.3 Å². The molecule has 0 fully saturated rings. The smallest absolute Gasteiger partial charge is 0.418 e. The van der Waals surface area contributed by atoms with Crippen molar-refractivity contribution in [2.24, 2.45) is 7.05 Å². The zero-order valence-electron chi connectivity index (χ0n) is 8.05. The molecule has 1 aromatic rings. The summed E-state index contributed by atoms with van der Waals surface area (Å²) in [5.41, 5.74) is 0. The van der Waals surface area contributed by atoms with Crippen LogP contribution in [0.1, 0.15) is 6.92 Å². The molecule has 0 amide bonds. The first-order valence-corrected chi connectivity index (χ1v) is 3.73. The van der Waals surface area contributed by atoms with Gasteiger partial charge in [0, 0.05) is 0 Å². The first-order chi connectivity index (χ1) is 6.31. The highest BCUT2D eigenvalue weighted by Gasteiger charge is 2.20. The maximum absolute atomic E-state index is 9.75. The Hall–Kier alpha value is -1.27. The Morgan fingerprint density at radius 2 is 1.71 bits per heavy atom. The van der Waals surface area contributed by atoms with Crippen LogP contribution in [0.15, 0.2) is 31.4 Å². The Morgan fingerprint density at radius 3 is 1.79 bits per heavy atom. The second-order valence-corrected chi connectivity index (χ2v) is 2.18. The summed E-state index contributed by atoms with van der Waals surface area (Å²) >= 11 is 0. The number of aryl methyl sites for hydroxylation is 1. The summed E-state index contributed by atoms with van der Waals surface area (Å²) in [6.07, 6.45) is 7.44. The first kappa shape index (κ1) is 15.2. The standard InChI is InChI=1S/C4H6N2.C3H6.BF4/c1-6-3-2-5-4-6;1-3-2;2-1(3,4)5/h2-4H,1H3;3H,1H2,2H3;/q;;-1/p+1. The molecule has 82 valence electrons. The van der Waals surface area contributed by atoms with Gasteiger partial charge in [-0.25, -0.2) is 4.57 Å². The number of imidazole rings is 1. The molecule has 1 N–H and O–H groups in total. The molecule has 2 nitrogen and oxygen atoms in total. The second-order valence-electron chi connectivity index (χ2n) is 2.18. The predicted molar refractivity (Wildman–Crippen MR) is 48.0 cm³/mol. The normalized spacial score (nSPS) is 9.00. The zero-order valence-corrected chi connectivity index (χ0v) is 8.05. The van der Waals surface area contributed by atoms with E-state index >= 15 is 0 Å². The third-order valence-corrected chi connectivity index (χ3v) is 0.684. The van der Waals surface area contributed by atoms with E-state index in [0.717, 1.165) is 0 Å². The minimum Gasteiger partial charge on any atom is -0.418 e. The molecular formula is C7H13BF4N2. The molecule has 0 bridgehead atoms. The Balaban J connectivity index is 0. The van der Waals surface area contributed by atoms with E-state index in [9.17, 15) is 17.3 Å². The monoisotopic (exact) mass is 212 g/mol. The number of aromatic amines is 1. The molecule has 0 atom stereocenters. The van der Waals surface area contributed by atoms with Gasteiger partial charge in [0.25, 0.3) is 0 Å². The van der Waals surface area contributed by atoms with Gasteiger partial charge in [0.2, 0.25) is 6.33 Å². The molecule has 1 rings (SSSR count). The van der Waals surface area contributed by atoms with Crippen LogP contribution in [-0.4, -0.2) is 12.2 Å². The van der Waals surface area contributed by atoms with Crippen molar-refractivity contribution in [1.29, 1.82) is 0 Å². The van der Waals surface area contributed by atoms with Crippen LogP contribution in [0.2, 0.25) is 0 Å². The summed E-state index contributed by atoms with van der Waals surface area (Å²) < 4.78 is 40.9. The fourth-order valence-corrected chi connectivity index (χ4v) is 0.364. The largest absolute Gasteiger partial charge is 0.673 e. The Bertz CT molecular complexity index is 214. The van der Waals surface area contributed by atoms with E-state index in [1.165, 1.54) is 0 Å². The summed E-state index contributed by atoms with van der Waals surface area (Å²) in [6, 6.07) is 0. The van der Waals surface area contributed by atoms with Crippen molar-refractivity contribution in [2.75, 3.05) is 0 Å². The highest BCUT2D eigenvalue weighted by molar-refractivity contribution is 6.50. The fourth-order valence-electron chi connectivity index (χ4n) is 0.364. The third kappa shape index (κ3) is 30.9. The number of hydrogen-bond donors (Lipinski definition) is 1. The van der Waals surface area contributed by atoms with Gasteiger partial charge in [0.15, 0.2) is 0 Å². The van der Waals surface area contributed by atoms with Crippen LogP contribution in [-0.2, 0) is 7.05 Å². The summed E-state index contributed by atoms with van der Waals surface area (Å²) in [6.45, 7) is 5.25. The number of allylic oxidation sites excluding steroid dienone is 1. The fraction of sp³-hybridized carbons (Fsp3) is 0.286. The number of aromatic nitrogens is 2. The van der Waals surface area contributed by atoms with E-state index in [2.05, 4.69) is 11.6 Å². The minimum absolute atomic E-state index is 1.75. The van der Waals surface area contributed by atoms with Crippen LogP contribution in [0.5, 0.6) is 0 Å². The molecular weight excluding hydrogens is 199 g/mol.